The SMILES string of the molecule is CCCCCN(CCO)C(=O)C(=O)Nc1cccc(Cl)c1Cl. The molecule has 0 aromatic heterocycles. The van der Waals surface area contributed by atoms with Gasteiger partial charge in [0.2, 0.25) is 0 Å². The summed E-state index contributed by atoms with van der Waals surface area (Å²) < 4.78 is 0. The average Bonchev–Trinajstić information content (AvgIpc) is 2.50. The predicted molar refractivity (Wildman–Crippen MR) is 88.3 cm³/mol. The fourth-order valence-corrected chi connectivity index (χ4v) is 2.26. The molecular weight excluding hydrogens is 327 g/mol. The lowest BCUT2D eigenvalue weighted by Gasteiger charge is -2.21. The topological polar surface area (TPSA) is 69.6 Å². The Hall–Kier alpha value is -1.30. The van der Waals surface area contributed by atoms with Crippen molar-refractivity contribution in [3.05, 3.63) is 28.2 Å². The van der Waals surface area contributed by atoms with Crippen LogP contribution >= 0.6 is 23.2 Å². The third kappa shape index (κ3) is 5.48. The smallest absolute Gasteiger partial charge is 0.313 e. The van der Waals surface area contributed by atoms with Crippen LogP contribution in [0.1, 0.15) is 26.2 Å². The van der Waals surface area contributed by atoms with E-state index in [2.05, 4.69) is 5.32 Å². The average molecular weight is 347 g/mol. The van der Waals surface area contributed by atoms with E-state index in [1.165, 1.54) is 4.90 Å². The number of aliphatic hydroxyl groups excluding tert-OH is 1. The number of nitrogens with one attached hydrogen (secondary N) is 1. The highest BCUT2D eigenvalue weighted by Gasteiger charge is 2.22. The Kier molecular flexibility index (Phi) is 8.24. The first-order valence-corrected chi connectivity index (χ1v) is 7.92. The summed E-state index contributed by atoms with van der Waals surface area (Å²) in [6.07, 6.45) is 2.75. The van der Waals surface area contributed by atoms with E-state index in [1.807, 2.05) is 6.92 Å². The highest BCUT2D eigenvalue weighted by Crippen LogP contribution is 2.29. The number of amides is 2. The molecule has 0 radical (unpaired) electrons. The molecule has 22 heavy (non-hydrogen) atoms. The predicted octanol–water partition coefficient (Wildman–Crippen LogP) is 2.94. The van der Waals surface area contributed by atoms with Crippen LogP contribution in [0.15, 0.2) is 18.2 Å². The molecule has 0 saturated heterocycles. The number of rotatable bonds is 7. The lowest BCUT2D eigenvalue weighted by atomic mass is 10.2. The highest BCUT2D eigenvalue weighted by molar-refractivity contribution is 6.45. The molecule has 1 aromatic carbocycles. The molecule has 0 spiro atoms. The van der Waals surface area contributed by atoms with Crippen LogP contribution in [-0.4, -0.2) is 41.5 Å². The molecule has 0 atom stereocenters. The minimum atomic E-state index is -0.797. The lowest BCUT2D eigenvalue weighted by molar-refractivity contribution is -0.143. The number of unbranched alkanes of at least 4 members (excludes halogenated alkanes) is 2. The van der Waals surface area contributed by atoms with Crippen molar-refractivity contribution < 1.29 is 14.7 Å². The van der Waals surface area contributed by atoms with Crippen LogP contribution in [0.2, 0.25) is 10.0 Å². The van der Waals surface area contributed by atoms with Gasteiger partial charge in [-0.05, 0) is 18.6 Å². The minimum absolute atomic E-state index is 0.124. The zero-order valence-corrected chi connectivity index (χ0v) is 14.0. The molecule has 2 amide bonds. The van der Waals surface area contributed by atoms with Gasteiger partial charge in [-0.3, -0.25) is 9.59 Å². The summed E-state index contributed by atoms with van der Waals surface area (Å²) in [4.78, 5) is 25.5. The van der Waals surface area contributed by atoms with Gasteiger partial charge in [0.05, 0.1) is 22.3 Å². The van der Waals surface area contributed by atoms with Crippen molar-refractivity contribution in [1.82, 2.24) is 4.90 Å². The summed E-state index contributed by atoms with van der Waals surface area (Å²) in [5, 5.41) is 12.0. The maximum absolute atomic E-state index is 12.2. The monoisotopic (exact) mass is 346 g/mol. The first kappa shape index (κ1) is 18.7. The summed E-state index contributed by atoms with van der Waals surface area (Å²) in [6, 6.07) is 4.78. The molecule has 1 rings (SSSR count). The molecular formula is C15H20Cl2N2O3. The summed E-state index contributed by atoms with van der Waals surface area (Å²) >= 11 is 11.8. The van der Waals surface area contributed by atoms with Gasteiger partial charge in [-0.25, -0.2) is 0 Å². The van der Waals surface area contributed by atoms with E-state index in [1.54, 1.807) is 18.2 Å². The van der Waals surface area contributed by atoms with Crippen molar-refractivity contribution in [2.45, 2.75) is 26.2 Å². The first-order chi connectivity index (χ1) is 10.5. The van der Waals surface area contributed by atoms with E-state index in [-0.39, 0.29) is 23.9 Å². The molecule has 1 aromatic rings. The van der Waals surface area contributed by atoms with E-state index in [0.29, 0.717) is 11.6 Å². The maximum atomic E-state index is 12.2. The van der Waals surface area contributed by atoms with Gasteiger partial charge in [-0.1, -0.05) is 49.0 Å². The lowest BCUT2D eigenvalue weighted by Crippen LogP contribution is -2.41. The summed E-state index contributed by atoms with van der Waals surface area (Å²) in [5.74, 6) is -1.49. The van der Waals surface area contributed by atoms with E-state index in [4.69, 9.17) is 28.3 Å². The van der Waals surface area contributed by atoms with Crippen LogP contribution in [0.25, 0.3) is 0 Å². The van der Waals surface area contributed by atoms with Crippen LogP contribution in [0.4, 0.5) is 5.69 Å². The third-order valence-electron chi connectivity index (χ3n) is 3.08. The van der Waals surface area contributed by atoms with Crippen molar-refractivity contribution in [2.24, 2.45) is 0 Å². The Morgan fingerprint density at radius 2 is 1.95 bits per heavy atom. The van der Waals surface area contributed by atoms with Crippen LogP contribution in [0.5, 0.6) is 0 Å². The van der Waals surface area contributed by atoms with Crippen LogP contribution < -0.4 is 5.32 Å². The molecule has 5 nitrogen and oxygen atoms in total. The molecule has 2 N–H and O–H groups in total. The third-order valence-corrected chi connectivity index (χ3v) is 3.90. The second-order valence-electron chi connectivity index (χ2n) is 4.78. The summed E-state index contributed by atoms with van der Waals surface area (Å²) in [6.45, 7) is 2.41. The second-order valence-corrected chi connectivity index (χ2v) is 5.56. The molecule has 0 heterocycles. The van der Waals surface area contributed by atoms with Crippen LogP contribution in [0.3, 0.4) is 0 Å². The molecule has 0 bridgehead atoms. The number of hydrogen-bond donors (Lipinski definition) is 2. The standard InChI is InChI=1S/C15H20Cl2N2O3/c1-2-3-4-8-19(9-10-20)15(22)14(21)18-12-7-5-6-11(16)13(12)17/h5-7,20H,2-4,8-10H2,1H3,(H,18,21). The Morgan fingerprint density at radius 1 is 1.23 bits per heavy atom. The molecule has 0 unspecified atom stereocenters. The maximum Gasteiger partial charge on any atom is 0.313 e. The van der Waals surface area contributed by atoms with Gasteiger partial charge in [-0.15, -0.1) is 0 Å². The quantitative estimate of drug-likeness (QED) is 0.589. The highest BCUT2D eigenvalue weighted by atomic mass is 35.5. The number of aliphatic hydroxyl groups is 1. The van der Waals surface area contributed by atoms with Gasteiger partial charge in [0, 0.05) is 13.1 Å². The van der Waals surface area contributed by atoms with Gasteiger partial charge < -0.3 is 15.3 Å². The Morgan fingerprint density at radius 3 is 2.59 bits per heavy atom. The van der Waals surface area contributed by atoms with Crippen molar-refractivity contribution in [2.75, 3.05) is 25.0 Å². The van der Waals surface area contributed by atoms with E-state index in [9.17, 15) is 9.59 Å². The van der Waals surface area contributed by atoms with E-state index >= 15 is 0 Å². The Bertz CT molecular complexity index is 524. The van der Waals surface area contributed by atoms with Crippen molar-refractivity contribution in [1.29, 1.82) is 0 Å². The molecule has 0 aliphatic rings. The number of hydrogen-bond acceptors (Lipinski definition) is 3. The Balaban J connectivity index is 2.72. The van der Waals surface area contributed by atoms with Gasteiger partial charge >= 0.3 is 11.8 Å². The number of benzene rings is 1. The molecule has 122 valence electrons. The number of carbonyl (C=O) groups is 2. The fraction of sp³-hybridized carbons (Fsp3) is 0.467. The number of anilines is 1. The number of carbonyl (C=O) groups excluding carboxylic acids is 2. The minimum Gasteiger partial charge on any atom is -0.395 e. The van der Waals surface area contributed by atoms with Gasteiger partial charge in [0.15, 0.2) is 0 Å². The van der Waals surface area contributed by atoms with Crippen LogP contribution in [-0.2, 0) is 9.59 Å². The molecule has 0 aliphatic heterocycles. The number of nitrogens with zero attached hydrogens (tertiary/aromatic N) is 1. The largest absolute Gasteiger partial charge is 0.395 e. The van der Waals surface area contributed by atoms with Crippen LogP contribution in [0, 0.1) is 0 Å². The van der Waals surface area contributed by atoms with Gasteiger partial charge in [-0.2, -0.15) is 0 Å². The van der Waals surface area contributed by atoms with Crippen molar-refractivity contribution >= 4 is 40.7 Å². The first-order valence-electron chi connectivity index (χ1n) is 7.16. The zero-order valence-electron chi connectivity index (χ0n) is 12.4. The molecule has 0 saturated carbocycles. The molecule has 0 fully saturated rings. The van der Waals surface area contributed by atoms with Gasteiger partial charge in [0.1, 0.15) is 0 Å². The summed E-state index contributed by atoms with van der Waals surface area (Å²) in [7, 11) is 0. The molecule has 0 aliphatic carbocycles. The second kappa shape index (κ2) is 9.66. The Labute approximate surface area is 140 Å². The fourth-order valence-electron chi connectivity index (χ4n) is 1.91. The molecule has 7 heteroatoms. The van der Waals surface area contributed by atoms with E-state index in [0.717, 1.165) is 19.3 Å². The van der Waals surface area contributed by atoms with E-state index < -0.39 is 11.8 Å². The van der Waals surface area contributed by atoms with Crippen molar-refractivity contribution in [3.8, 4) is 0 Å². The normalized spacial score (nSPS) is 10.4. The summed E-state index contributed by atoms with van der Waals surface area (Å²) in [5.41, 5.74) is 0.282. The zero-order chi connectivity index (χ0) is 16.5. The van der Waals surface area contributed by atoms with Gasteiger partial charge in [0.25, 0.3) is 0 Å². The number of halogens is 2. The van der Waals surface area contributed by atoms with Crippen molar-refractivity contribution in [3.63, 3.8) is 0 Å².